The lowest BCUT2D eigenvalue weighted by Gasteiger charge is -2.37. The second kappa shape index (κ2) is 9.96. The zero-order valence-electron chi connectivity index (χ0n) is 32.3. The van der Waals surface area contributed by atoms with Crippen molar-refractivity contribution in [1.29, 1.82) is 0 Å². The molecule has 7 heterocycles. The van der Waals surface area contributed by atoms with Crippen molar-refractivity contribution in [2.45, 2.75) is 52.4 Å². The van der Waals surface area contributed by atoms with E-state index in [2.05, 4.69) is 166 Å². The molecule has 0 bridgehead atoms. The highest BCUT2D eigenvalue weighted by atomic mass is 16.5. The van der Waals surface area contributed by atoms with Crippen LogP contribution in [0.25, 0.3) is 55.0 Å². The molecule has 4 aliphatic rings. The number of rotatable bonds is 0. The van der Waals surface area contributed by atoms with Gasteiger partial charge in [-0.05, 0) is 91.1 Å². The van der Waals surface area contributed by atoms with Crippen molar-refractivity contribution in [3.63, 3.8) is 0 Å². The van der Waals surface area contributed by atoms with Gasteiger partial charge in [0.15, 0.2) is 0 Å². The Morgan fingerprint density at radius 2 is 0.893 bits per heavy atom. The number of ether oxygens (including phenoxy) is 2. The fraction of sp³-hybridized carbons (Fsp3) is 0.163. The highest BCUT2D eigenvalue weighted by molar-refractivity contribution is 7.02. The zero-order chi connectivity index (χ0) is 37.6. The zero-order valence-corrected chi connectivity index (χ0v) is 32.3. The molecule has 3 aromatic heterocycles. The van der Waals surface area contributed by atoms with Crippen LogP contribution in [-0.2, 0) is 10.8 Å². The Labute approximate surface area is 325 Å². The topological polar surface area (TPSA) is 41.2 Å². The molecule has 0 aliphatic carbocycles. The molecular formula is C49H37B2N3O2. The van der Waals surface area contributed by atoms with Gasteiger partial charge >= 0.3 is 0 Å². The molecule has 5 nitrogen and oxygen atoms in total. The lowest BCUT2D eigenvalue weighted by atomic mass is 9.31. The Bertz CT molecular complexity index is 3090. The summed E-state index contributed by atoms with van der Waals surface area (Å²) in [6, 6.07) is 43.0. The molecule has 0 N–H and O–H groups in total. The fourth-order valence-corrected chi connectivity index (χ4v) is 10.5. The van der Waals surface area contributed by atoms with Gasteiger partial charge in [0.2, 0.25) is 11.8 Å². The normalized spacial score (nSPS) is 14.5. The van der Waals surface area contributed by atoms with Crippen LogP contribution in [0.5, 0.6) is 23.3 Å². The summed E-state index contributed by atoms with van der Waals surface area (Å²) in [6.45, 7) is 13.5. The first-order valence-electron chi connectivity index (χ1n) is 19.9. The smallest absolute Gasteiger partial charge is 0.258 e. The standard InChI is InChI=1S/C49H37B2N3O2/c1-48(2,3)26-21-38-42-40(23-26)55-46-34(50(42)32-17-11-15-30-28-13-7-9-19-36(28)53(38)44(30)32)25-35-47(52-46)56-41-24-27(49(4,5)6)22-39-43(41)51(35)33-18-12-16-31-29-14-8-10-20-37(29)54(39)45(31)33/h7-25H,1-6H3. The number of pyridine rings is 1. The van der Waals surface area contributed by atoms with E-state index in [-0.39, 0.29) is 24.3 Å². The molecular weight excluding hydrogens is 684 g/mol. The summed E-state index contributed by atoms with van der Waals surface area (Å²) in [5.74, 6) is 2.99. The van der Waals surface area contributed by atoms with Gasteiger partial charge in [0.1, 0.15) is 11.5 Å². The molecule has 9 aromatic rings. The monoisotopic (exact) mass is 721 g/mol. The van der Waals surface area contributed by atoms with Gasteiger partial charge in [0, 0.05) is 44.0 Å². The molecule has 4 aliphatic heterocycles. The van der Waals surface area contributed by atoms with E-state index >= 15 is 0 Å². The summed E-state index contributed by atoms with van der Waals surface area (Å²) in [4.78, 5) is 5.41. The summed E-state index contributed by atoms with van der Waals surface area (Å²) in [6.07, 6.45) is 0. The second-order valence-electron chi connectivity index (χ2n) is 18.4. The molecule has 266 valence electrons. The van der Waals surface area contributed by atoms with Crippen LogP contribution in [0.15, 0.2) is 115 Å². The first-order chi connectivity index (χ1) is 27.0. The quantitative estimate of drug-likeness (QED) is 0.151. The molecule has 0 radical (unpaired) electrons. The first-order valence-corrected chi connectivity index (χ1v) is 19.9. The third-order valence-electron chi connectivity index (χ3n) is 13.1. The average molecular weight is 721 g/mol. The molecule has 0 saturated carbocycles. The molecule has 0 fully saturated rings. The van der Waals surface area contributed by atoms with E-state index in [0.717, 1.165) is 22.4 Å². The molecule has 0 spiro atoms. The van der Waals surface area contributed by atoms with Gasteiger partial charge in [-0.2, -0.15) is 4.98 Å². The second-order valence-corrected chi connectivity index (χ2v) is 18.4. The van der Waals surface area contributed by atoms with Crippen molar-refractivity contribution in [1.82, 2.24) is 14.1 Å². The van der Waals surface area contributed by atoms with E-state index < -0.39 is 0 Å². The van der Waals surface area contributed by atoms with Crippen LogP contribution >= 0.6 is 0 Å². The van der Waals surface area contributed by atoms with Crippen LogP contribution in [-0.4, -0.2) is 27.5 Å². The highest BCUT2D eigenvalue weighted by Gasteiger charge is 2.46. The van der Waals surface area contributed by atoms with Crippen molar-refractivity contribution >= 4 is 89.8 Å². The van der Waals surface area contributed by atoms with Gasteiger partial charge in [-0.15, -0.1) is 0 Å². The lowest BCUT2D eigenvalue weighted by Crippen LogP contribution is -2.63. The molecule has 0 saturated heterocycles. The van der Waals surface area contributed by atoms with Crippen LogP contribution in [0, 0.1) is 0 Å². The Morgan fingerprint density at radius 3 is 1.34 bits per heavy atom. The van der Waals surface area contributed by atoms with E-state index in [4.69, 9.17) is 14.5 Å². The Balaban J connectivity index is 1.13. The van der Waals surface area contributed by atoms with E-state index in [1.807, 2.05) is 0 Å². The summed E-state index contributed by atoms with van der Waals surface area (Å²) >= 11 is 0. The van der Waals surface area contributed by atoms with Gasteiger partial charge < -0.3 is 18.6 Å². The maximum absolute atomic E-state index is 7.04. The predicted octanol–water partition coefficient (Wildman–Crippen LogP) is 7.74. The molecule has 0 amide bonds. The maximum Gasteiger partial charge on any atom is 0.258 e. The van der Waals surface area contributed by atoms with Crippen molar-refractivity contribution in [2.24, 2.45) is 0 Å². The van der Waals surface area contributed by atoms with Gasteiger partial charge in [-0.3, -0.25) is 0 Å². The van der Waals surface area contributed by atoms with E-state index in [0.29, 0.717) is 11.8 Å². The van der Waals surface area contributed by atoms with Crippen LogP contribution in [0.4, 0.5) is 0 Å². The third kappa shape index (κ3) is 3.72. The average Bonchev–Trinajstić information content (AvgIpc) is 3.71. The lowest BCUT2D eigenvalue weighted by molar-refractivity contribution is 0.429. The summed E-state index contributed by atoms with van der Waals surface area (Å²) in [7, 11) is 0. The van der Waals surface area contributed by atoms with Crippen molar-refractivity contribution in [3.8, 4) is 34.6 Å². The molecule has 56 heavy (non-hydrogen) atoms. The van der Waals surface area contributed by atoms with Crippen LogP contribution in [0.3, 0.4) is 0 Å². The molecule has 6 aromatic carbocycles. The number of para-hydroxylation sites is 4. The van der Waals surface area contributed by atoms with E-state index in [1.54, 1.807) is 0 Å². The number of hydrogen-bond donors (Lipinski definition) is 0. The molecule has 0 unspecified atom stereocenters. The SMILES string of the molecule is CC(C)(C)c1cc2c3c(c1)-n1c4ccccc4c4cccc(c41)B3c1cc3c(nc1O2)Oc1cc(C(C)(C)C)cc2c1B3c1cccc3c4ccccc4n-2c13. The Kier molecular flexibility index (Phi) is 5.52. The molecule has 13 rings (SSSR count). The van der Waals surface area contributed by atoms with Gasteiger partial charge in [-0.25, -0.2) is 0 Å². The third-order valence-corrected chi connectivity index (χ3v) is 13.1. The predicted molar refractivity (Wildman–Crippen MR) is 233 cm³/mol. The summed E-state index contributed by atoms with van der Waals surface area (Å²) in [5.41, 5.74) is 16.8. The van der Waals surface area contributed by atoms with Gasteiger partial charge in [-0.1, -0.05) is 120 Å². The van der Waals surface area contributed by atoms with Crippen molar-refractivity contribution in [2.75, 3.05) is 0 Å². The van der Waals surface area contributed by atoms with Crippen LogP contribution in [0.2, 0.25) is 0 Å². The minimum atomic E-state index is -0.0905. The summed E-state index contributed by atoms with van der Waals surface area (Å²) in [5, 5.41) is 5.07. The van der Waals surface area contributed by atoms with E-state index in [1.165, 1.54) is 88.0 Å². The van der Waals surface area contributed by atoms with Crippen LogP contribution < -0.4 is 42.3 Å². The van der Waals surface area contributed by atoms with Crippen LogP contribution in [0.1, 0.15) is 52.7 Å². The van der Waals surface area contributed by atoms with Crippen molar-refractivity contribution < 1.29 is 9.47 Å². The minimum absolute atomic E-state index is 0.0638. The first kappa shape index (κ1) is 31.1. The molecule has 0 atom stereocenters. The van der Waals surface area contributed by atoms with Gasteiger partial charge in [0.25, 0.3) is 13.4 Å². The molecule has 7 heteroatoms. The largest absolute Gasteiger partial charge is 0.440 e. The fourth-order valence-electron chi connectivity index (χ4n) is 10.5. The van der Waals surface area contributed by atoms with E-state index in [9.17, 15) is 0 Å². The van der Waals surface area contributed by atoms with Gasteiger partial charge in [0.05, 0.1) is 11.0 Å². The Morgan fingerprint density at radius 1 is 0.464 bits per heavy atom. The summed E-state index contributed by atoms with van der Waals surface area (Å²) < 4.78 is 19.1. The number of hydrogen-bond acceptors (Lipinski definition) is 3. The highest BCUT2D eigenvalue weighted by Crippen LogP contribution is 2.42. The maximum atomic E-state index is 7.04. The Hall–Kier alpha value is -6.20. The number of aromatic nitrogens is 3. The number of nitrogens with zero attached hydrogens (tertiary/aromatic N) is 3. The number of benzene rings is 6. The number of fused-ring (bicyclic) bond motifs is 14. The van der Waals surface area contributed by atoms with Crippen molar-refractivity contribution in [3.05, 3.63) is 126 Å². The minimum Gasteiger partial charge on any atom is -0.440 e.